The molecule has 1 aromatic rings. The van der Waals surface area contributed by atoms with Gasteiger partial charge in [-0.25, -0.2) is 0 Å². The lowest BCUT2D eigenvalue weighted by Crippen LogP contribution is -2.16. The highest BCUT2D eigenvalue weighted by Crippen LogP contribution is 2.17. The van der Waals surface area contributed by atoms with E-state index in [1.54, 1.807) is 12.1 Å². The minimum absolute atomic E-state index is 0.0216. The first kappa shape index (κ1) is 11.1. The molecule has 0 spiro atoms. The molecule has 0 aliphatic carbocycles. The second kappa shape index (κ2) is 5.05. The van der Waals surface area contributed by atoms with Gasteiger partial charge in [0.2, 0.25) is 0 Å². The fourth-order valence-corrected chi connectivity index (χ4v) is 1.70. The van der Waals surface area contributed by atoms with Crippen LogP contribution in [0.4, 0.5) is 5.69 Å². The van der Waals surface area contributed by atoms with E-state index in [1.807, 2.05) is 19.1 Å². The number of nitrogen functional groups attached to an aromatic ring is 1. The van der Waals surface area contributed by atoms with Crippen molar-refractivity contribution in [1.29, 1.82) is 0 Å². The lowest BCUT2D eigenvalue weighted by molar-refractivity contribution is 0.0988. The van der Waals surface area contributed by atoms with E-state index in [0.29, 0.717) is 11.3 Å². The summed E-state index contributed by atoms with van der Waals surface area (Å²) in [4.78, 5) is 11.8. The van der Waals surface area contributed by atoms with E-state index in [2.05, 4.69) is 12.6 Å². The Hall–Kier alpha value is -0.960. The smallest absolute Gasteiger partial charge is 0.177 e. The quantitative estimate of drug-likeness (QED) is 0.454. The molecule has 1 atom stereocenters. The zero-order valence-corrected chi connectivity index (χ0v) is 9.13. The number of benzene rings is 1. The summed E-state index contributed by atoms with van der Waals surface area (Å²) in [5.41, 5.74) is 6.82. The minimum atomic E-state index is -0.232. The second-order valence-electron chi connectivity index (χ2n) is 3.26. The maximum atomic E-state index is 11.8. The molecule has 0 bridgehead atoms. The van der Waals surface area contributed by atoms with Crippen LogP contribution in [0.2, 0.25) is 0 Å². The summed E-state index contributed by atoms with van der Waals surface area (Å²) in [6.45, 7) is 2.03. The average molecular weight is 209 g/mol. The van der Waals surface area contributed by atoms with Gasteiger partial charge in [0.05, 0.1) is 5.25 Å². The molecule has 0 saturated carbocycles. The van der Waals surface area contributed by atoms with Crippen molar-refractivity contribution < 1.29 is 4.79 Å². The molecule has 2 nitrogen and oxygen atoms in total. The maximum absolute atomic E-state index is 11.8. The van der Waals surface area contributed by atoms with Gasteiger partial charge in [-0.2, -0.15) is 12.6 Å². The Morgan fingerprint density at radius 1 is 1.50 bits per heavy atom. The maximum Gasteiger partial charge on any atom is 0.177 e. The highest BCUT2D eigenvalue weighted by molar-refractivity contribution is 7.81. The van der Waals surface area contributed by atoms with Gasteiger partial charge in [-0.05, 0) is 18.6 Å². The molecule has 14 heavy (non-hydrogen) atoms. The fraction of sp³-hybridized carbons (Fsp3) is 0.364. The molecule has 0 heterocycles. The van der Waals surface area contributed by atoms with E-state index in [9.17, 15) is 4.79 Å². The van der Waals surface area contributed by atoms with Gasteiger partial charge in [-0.1, -0.05) is 25.5 Å². The molecule has 0 aromatic heterocycles. The van der Waals surface area contributed by atoms with Crippen molar-refractivity contribution in [2.45, 2.75) is 25.0 Å². The standard InChI is InChI=1S/C11H15NOS/c1-2-5-10(14)11(13)8-6-3-4-7-9(8)12/h3-4,6-7,10,14H,2,5,12H2,1H3. The first-order chi connectivity index (χ1) is 6.66. The largest absolute Gasteiger partial charge is 0.398 e. The topological polar surface area (TPSA) is 43.1 Å². The van der Waals surface area contributed by atoms with Gasteiger partial charge in [0, 0.05) is 11.3 Å². The molecule has 0 amide bonds. The number of hydrogen-bond donors (Lipinski definition) is 2. The van der Waals surface area contributed by atoms with Gasteiger partial charge in [0.1, 0.15) is 0 Å². The highest BCUT2D eigenvalue weighted by atomic mass is 32.1. The van der Waals surface area contributed by atoms with Crippen molar-refractivity contribution in [2.75, 3.05) is 5.73 Å². The van der Waals surface area contributed by atoms with Gasteiger partial charge < -0.3 is 5.73 Å². The number of hydrogen-bond acceptors (Lipinski definition) is 3. The van der Waals surface area contributed by atoms with Crippen LogP contribution >= 0.6 is 12.6 Å². The van der Waals surface area contributed by atoms with Crippen molar-refractivity contribution in [3.8, 4) is 0 Å². The van der Waals surface area contributed by atoms with Gasteiger partial charge in [0.25, 0.3) is 0 Å². The van der Waals surface area contributed by atoms with E-state index in [0.717, 1.165) is 12.8 Å². The lowest BCUT2D eigenvalue weighted by atomic mass is 10.0. The lowest BCUT2D eigenvalue weighted by Gasteiger charge is -2.09. The molecule has 0 fully saturated rings. The number of thiol groups is 1. The third-order valence-corrected chi connectivity index (χ3v) is 2.58. The van der Waals surface area contributed by atoms with Crippen LogP contribution in [0.5, 0.6) is 0 Å². The monoisotopic (exact) mass is 209 g/mol. The molecule has 0 aliphatic rings. The number of ketones is 1. The summed E-state index contributed by atoms with van der Waals surface area (Å²) < 4.78 is 0. The normalized spacial score (nSPS) is 12.4. The number of carbonyl (C=O) groups is 1. The van der Waals surface area contributed by atoms with Gasteiger partial charge in [-0.15, -0.1) is 0 Å². The van der Waals surface area contributed by atoms with Crippen molar-refractivity contribution in [3.05, 3.63) is 29.8 Å². The van der Waals surface area contributed by atoms with Crippen molar-refractivity contribution >= 4 is 24.1 Å². The molecule has 3 heteroatoms. The van der Waals surface area contributed by atoms with Gasteiger partial charge >= 0.3 is 0 Å². The summed E-state index contributed by atoms with van der Waals surface area (Å²) in [5, 5.41) is -0.232. The van der Waals surface area contributed by atoms with Crippen LogP contribution < -0.4 is 5.73 Å². The first-order valence-electron chi connectivity index (χ1n) is 4.73. The summed E-state index contributed by atoms with van der Waals surface area (Å²) in [6, 6.07) is 7.12. The van der Waals surface area contributed by atoms with Crippen LogP contribution in [0.15, 0.2) is 24.3 Å². The molecule has 0 saturated heterocycles. The van der Waals surface area contributed by atoms with E-state index in [1.165, 1.54) is 0 Å². The Balaban J connectivity index is 2.84. The SMILES string of the molecule is CCCC(S)C(=O)c1ccccc1N. The van der Waals surface area contributed by atoms with E-state index in [4.69, 9.17) is 5.73 Å². The Kier molecular flexibility index (Phi) is 4.01. The Morgan fingerprint density at radius 2 is 2.14 bits per heavy atom. The number of para-hydroxylation sites is 1. The summed E-state index contributed by atoms with van der Waals surface area (Å²) in [5.74, 6) is 0.0216. The number of Topliss-reactive ketones (excluding diaryl/α,β-unsaturated/α-hetero) is 1. The zero-order chi connectivity index (χ0) is 10.6. The molecule has 1 unspecified atom stereocenters. The summed E-state index contributed by atoms with van der Waals surface area (Å²) in [6.07, 6.45) is 1.74. The van der Waals surface area contributed by atoms with E-state index >= 15 is 0 Å². The number of anilines is 1. The third-order valence-electron chi connectivity index (χ3n) is 2.09. The molecular formula is C11H15NOS. The fourth-order valence-electron chi connectivity index (χ4n) is 1.31. The number of rotatable bonds is 4. The average Bonchev–Trinajstić information content (AvgIpc) is 2.18. The highest BCUT2D eigenvalue weighted by Gasteiger charge is 2.16. The van der Waals surface area contributed by atoms with Crippen LogP contribution in [0.3, 0.4) is 0 Å². The minimum Gasteiger partial charge on any atom is -0.398 e. The molecule has 1 aromatic carbocycles. The molecule has 1 rings (SSSR count). The molecule has 76 valence electrons. The zero-order valence-electron chi connectivity index (χ0n) is 8.23. The number of nitrogens with two attached hydrogens (primary N) is 1. The van der Waals surface area contributed by atoms with Crippen molar-refractivity contribution in [1.82, 2.24) is 0 Å². The predicted octanol–water partition coefficient (Wildman–Crippen LogP) is 2.55. The van der Waals surface area contributed by atoms with Crippen LogP contribution in [0.25, 0.3) is 0 Å². The molecule has 2 N–H and O–H groups in total. The first-order valence-corrected chi connectivity index (χ1v) is 5.25. The van der Waals surface area contributed by atoms with E-state index < -0.39 is 0 Å². The van der Waals surface area contributed by atoms with Gasteiger partial charge in [-0.3, -0.25) is 4.79 Å². The second-order valence-corrected chi connectivity index (χ2v) is 3.88. The summed E-state index contributed by atoms with van der Waals surface area (Å²) in [7, 11) is 0. The predicted molar refractivity (Wildman–Crippen MR) is 62.9 cm³/mol. The van der Waals surface area contributed by atoms with Crippen LogP contribution in [-0.2, 0) is 0 Å². The Morgan fingerprint density at radius 3 is 2.71 bits per heavy atom. The molecule has 0 radical (unpaired) electrons. The van der Waals surface area contributed by atoms with Crippen molar-refractivity contribution in [2.24, 2.45) is 0 Å². The van der Waals surface area contributed by atoms with Crippen LogP contribution in [0, 0.1) is 0 Å². The Labute approximate surface area is 89.9 Å². The third kappa shape index (κ3) is 2.51. The number of carbonyl (C=O) groups excluding carboxylic acids is 1. The van der Waals surface area contributed by atoms with Crippen molar-refractivity contribution in [3.63, 3.8) is 0 Å². The Bertz CT molecular complexity index is 325. The molecule has 0 aliphatic heterocycles. The van der Waals surface area contributed by atoms with Gasteiger partial charge in [0.15, 0.2) is 5.78 Å². The van der Waals surface area contributed by atoms with Crippen LogP contribution in [-0.4, -0.2) is 11.0 Å². The van der Waals surface area contributed by atoms with Crippen LogP contribution in [0.1, 0.15) is 30.1 Å². The van der Waals surface area contributed by atoms with E-state index in [-0.39, 0.29) is 11.0 Å². The molecular weight excluding hydrogens is 194 g/mol. The summed E-state index contributed by atoms with van der Waals surface area (Å²) >= 11 is 4.26.